The number of piperidine rings is 1. The molecule has 21 heavy (non-hydrogen) atoms. The van der Waals surface area contributed by atoms with Crippen molar-refractivity contribution in [3.8, 4) is 0 Å². The van der Waals surface area contributed by atoms with Crippen molar-refractivity contribution in [2.45, 2.75) is 25.3 Å². The second kappa shape index (κ2) is 5.55. The van der Waals surface area contributed by atoms with E-state index in [4.69, 9.17) is 0 Å². The predicted molar refractivity (Wildman–Crippen MR) is 78.8 cm³/mol. The van der Waals surface area contributed by atoms with Gasteiger partial charge < -0.3 is 10.2 Å². The summed E-state index contributed by atoms with van der Waals surface area (Å²) in [5, 5.41) is 10.4. The third kappa shape index (κ3) is 2.37. The van der Waals surface area contributed by atoms with E-state index in [0.29, 0.717) is 18.5 Å². The third-order valence-electron chi connectivity index (χ3n) is 4.02. The van der Waals surface area contributed by atoms with Gasteiger partial charge in [0.15, 0.2) is 0 Å². The number of likely N-dealkylation sites (tertiary alicyclic amines) is 1. The van der Waals surface area contributed by atoms with Crippen LogP contribution in [0.25, 0.3) is 10.9 Å². The first kappa shape index (κ1) is 13.6. The molecule has 2 N–H and O–H groups in total. The van der Waals surface area contributed by atoms with Gasteiger partial charge in [0.25, 0.3) is 5.91 Å². The zero-order chi connectivity index (χ0) is 14.8. The van der Waals surface area contributed by atoms with E-state index in [1.807, 2.05) is 12.1 Å². The highest BCUT2D eigenvalue weighted by atomic mass is 16.2. The number of carbonyl (C=O) groups excluding carboxylic acids is 2. The summed E-state index contributed by atoms with van der Waals surface area (Å²) in [4.78, 5) is 26.5. The van der Waals surface area contributed by atoms with Crippen LogP contribution in [0.5, 0.6) is 0 Å². The van der Waals surface area contributed by atoms with Gasteiger partial charge in [-0.25, -0.2) is 0 Å². The monoisotopic (exact) mass is 286 g/mol. The number of carbonyl (C=O) groups is 2. The quantitative estimate of drug-likeness (QED) is 0.873. The van der Waals surface area contributed by atoms with Crippen LogP contribution in [0.1, 0.15) is 29.6 Å². The summed E-state index contributed by atoms with van der Waals surface area (Å²) >= 11 is 0. The summed E-state index contributed by atoms with van der Waals surface area (Å²) in [7, 11) is 1.61. The minimum atomic E-state index is -0.380. The molecule has 1 aliphatic heterocycles. The Labute approximate surface area is 122 Å². The number of nitrogens with zero attached hydrogens (tertiary/aromatic N) is 2. The van der Waals surface area contributed by atoms with Gasteiger partial charge in [0.05, 0.1) is 17.3 Å². The van der Waals surface area contributed by atoms with Crippen LogP contribution in [0.4, 0.5) is 0 Å². The van der Waals surface area contributed by atoms with E-state index in [9.17, 15) is 9.59 Å². The highest BCUT2D eigenvalue weighted by Crippen LogP contribution is 2.23. The number of H-pyrrole nitrogens is 1. The Hall–Kier alpha value is -2.37. The number of rotatable bonds is 2. The number of likely N-dealkylation sites (N-methyl/N-ethyl adjacent to an activating group) is 1. The van der Waals surface area contributed by atoms with Crippen molar-refractivity contribution in [3.63, 3.8) is 0 Å². The molecule has 1 aromatic carbocycles. The summed E-state index contributed by atoms with van der Waals surface area (Å²) in [5.74, 6) is -0.210. The molecule has 2 heterocycles. The smallest absolute Gasteiger partial charge is 0.256 e. The highest BCUT2D eigenvalue weighted by Gasteiger charge is 2.32. The van der Waals surface area contributed by atoms with Crippen molar-refractivity contribution in [2.75, 3.05) is 13.6 Å². The fourth-order valence-electron chi connectivity index (χ4n) is 2.92. The van der Waals surface area contributed by atoms with Crippen molar-refractivity contribution in [2.24, 2.45) is 0 Å². The highest BCUT2D eigenvalue weighted by molar-refractivity contribution is 6.06. The van der Waals surface area contributed by atoms with E-state index in [1.54, 1.807) is 24.2 Å². The summed E-state index contributed by atoms with van der Waals surface area (Å²) in [6, 6.07) is 5.14. The number of aromatic nitrogens is 2. The Morgan fingerprint density at radius 1 is 1.38 bits per heavy atom. The lowest BCUT2D eigenvalue weighted by molar-refractivity contribution is -0.126. The largest absolute Gasteiger partial charge is 0.357 e. The van der Waals surface area contributed by atoms with Crippen molar-refractivity contribution in [1.82, 2.24) is 20.4 Å². The second-order valence-corrected chi connectivity index (χ2v) is 5.26. The third-order valence-corrected chi connectivity index (χ3v) is 4.02. The number of hydrogen-bond acceptors (Lipinski definition) is 3. The van der Waals surface area contributed by atoms with E-state index < -0.39 is 0 Å². The van der Waals surface area contributed by atoms with Crippen molar-refractivity contribution in [1.29, 1.82) is 0 Å². The normalized spacial score (nSPS) is 18.7. The van der Waals surface area contributed by atoms with Crippen LogP contribution in [0.3, 0.4) is 0 Å². The molecule has 6 nitrogen and oxygen atoms in total. The van der Waals surface area contributed by atoms with Gasteiger partial charge in [-0.2, -0.15) is 5.10 Å². The number of fused-ring (bicyclic) bond motifs is 1. The van der Waals surface area contributed by atoms with Crippen LogP contribution in [-0.2, 0) is 4.79 Å². The summed E-state index contributed by atoms with van der Waals surface area (Å²) in [6.07, 6.45) is 4.30. The molecule has 0 radical (unpaired) electrons. The lowest BCUT2D eigenvalue weighted by atomic mass is 9.99. The SMILES string of the molecule is CNC(=O)[C@H]1CCCCN1C(=O)c1cccc2cn[nH]c12. The van der Waals surface area contributed by atoms with Crippen LogP contribution < -0.4 is 5.32 Å². The van der Waals surface area contributed by atoms with Gasteiger partial charge >= 0.3 is 0 Å². The van der Waals surface area contributed by atoms with Gasteiger partial charge in [0.2, 0.25) is 5.91 Å². The average molecular weight is 286 g/mol. The first-order valence-electron chi connectivity index (χ1n) is 7.17. The predicted octanol–water partition coefficient (Wildman–Crippen LogP) is 1.30. The van der Waals surface area contributed by atoms with Gasteiger partial charge in [-0.1, -0.05) is 12.1 Å². The minimum Gasteiger partial charge on any atom is -0.357 e. The second-order valence-electron chi connectivity index (χ2n) is 5.26. The number of nitrogens with one attached hydrogen (secondary N) is 2. The van der Waals surface area contributed by atoms with Crippen LogP contribution in [0.2, 0.25) is 0 Å². The number of benzene rings is 1. The van der Waals surface area contributed by atoms with E-state index in [-0.39, 0.29) is 17.9 Å². The van der Waals surface area contributed by atoms with Crippen LogP contribution in [0.15, 0.2) is 24.4 Å². The summed E-state index contributed by atoms with van der Waals surface area (Å²) in [5.41, 5.74) is 1.30. The maximum atomic E-state index is 12.8. The molecule has 1 aliphatic rings. The topological polar surface area (TPSA) is 78.1 Å². The molecule has 1 saturated heterocycles. The number of aromatic amines is 1. The Balaban J connectivity index is 1.96. The molecule has 0 saturated carbocycles. The molecule has 0 unspecified atom stereocenters. The average Bonchev–Trinajstić information content (AvgIpc) is 3.02. The molecule has 2 aromatic rings. The fourth-order valence-corrected chi connectivity index (χ4v) is 2.92. The van der Waals surface area contributed by atoms with Gasteiger partial charge in [0, 0.05) is 19.0 Å². The molecule has 3 rings (SSSR count). The van der Waals surface area contributed by atoms with Gasteiger partial charge in [-0.3, -0.25) is 14.7 Å². The Morgan fingerprint density at radius 3 is 3.05 bits per heavy atom. The van der Waals surface area contributed by atoms with E-state index in [2.05, 4.69) is 15.5 Å². The molecule has 2 amide bonds. The first-order valence-corrected chi connectivity index (χ1v) is 7.17. The van der Waals surface area contributed by atoms with Gasteiger partial charge in [-0.05, 0) is 25.3 Å². The Bertz CT molecular complexity index is 679. The number of hydrogen-bond donors (Lipinski definition) is 2. The Morgan fingerprint density at radius 2 is 2.24 bits per heavy atom. The van der Waals surface area contributed by atoms with Crippen molar-refractivity contribution in [3.05, 3.63) is 30.0 Å². The number of para-hydroxylation sites is 1. The molecule has 1 aromatic heterocycles. The molecular weight excluding hydrogens is 268 g/mol. The zero-order valence-corrected chi connectivity index (χ0v) is 11.9. The lowest BCUT2D eigenvalue weighted by Gasteiger charge is -2.34. The zero-order valence-electron chi connectivity index (χ0n) is 11.9. The molecule has 0 aliphatic carbocycles. The fraction of sp³-hybridized carbons (Fsp3) is 0.400. The van der Waals surface area contributed by atoms with E-state index in [0.717, 1.165) is 23.7 Å². The summed E-state index contributed by atoms with van der Waals surface area (Å²) < 4.78 is 0. The van der Waals surface area contributed by atoms with Crippen LogP contribution >= 0.6 is 0 Å². The molecule has 6 heteroatoms. The van der Waals surface area contributed by atoms with Crippen molar-refractivity contribution >= 4 is 22.7 Å². The maximum absolute atomic E-state index is 12.8. The molecule has 110 valence electrons. The van der Waals surface area contributed by atoms with Gasteiger partial charge in [-0.15, -0.1) is 0 Å². The minimum absolute atomic E-state index is 0.0974. The standard InChI is InChI=1S/C15H18N4O2/c1-16-14(20)12-7-2-3-8-19(12)15(21)11-6-4-5-10-9-17-18-13(10)11/h4-6,9,12H,2-3,7-8H2,1H3,(H,16,20)(H,17,18)/t12-/m1/s1. The maximum Gasteiger partial charge on any atom is 0.256 e. The van der Waals surface area contributed by atoms with Crippen LogP contribution in [0, 0.1) is 0 Å². The van der Waals surface area contributed by atoms with Gasteiger partial charge in [0.1, 0.15) is 6.04 Å². The summed E-state index contributed by atoms with van der Waals surface area (Å²) in [6.45, 7) is 0.613. The van der Waals surface area contributed by atoms with E-state index >= 15 is 0 Å². The number of amides is 2. The van der Waals surface area contributed by atoms with Crippen molar-refractivity contribution < 1.29 is 9.59 Å². The molecular formula is C15H18N4O2. The molecule has 1 fully saturated rings. The Kier molecular flexibility index (Phi) is 3.60. The van der Waals surface area contributed by atoms with E-state index in [1.165, 1.54) is 0 Å². The lowest BCUT2D eigenvalue weighted by Crippen LogP contribution is -2.51. The molecule has 0 bridgehead atoms. The molecule has 0 spiro atoms. The van der Waals surface area contributed by atoms with Crippen LogP contribution in [-0.4, -0.2) is 46.5 Å². The first-order chi connectivity index (χ1) is 10.2. The molecule has 1 atom stereocenters.